The maximum Gasteiger partial charge on any atom is 0.223 e. The van der Waals surface area contributed by atoms with E-state index in [1.54, 1.807) is 11.3 Å². The van der Waals surface area contributed by atoms with E-state index in [2.05, 4.69) is 34.4 Å². The lowest BCUT2D eigenvalue weighted by molar-refractivity contribution is -0.128. The number of nitrogens with two attached hydrogens (primary N) is 1. The molecule has 1 amide bonds. The third kappa shape index (κ3) is 6.68. The van der Waals surface area contributed by atoms with Crippen LogP contribution in [0.3, 0.4) is 0 Å². The first-order valence-electron chi connectivity index (χ1n) is 8.49. The molecule has 1 fully saturated rings. The largest absolute Gasteiger partial charge is 0.349 e. The van der Waals surface area contributed by atoms with E-state index in [0.29, 0.717) is 12.5 Å². The van der Waals surface area contributed by atoms with Crippen LogP contribution in [0.15, 0.2) is 5.38 Å². The quantitative estimate of drug-likeness (QED) is 0.755. The Morgan fingerprint density at radius 2 is 2.04 bits per heavy atom. The summed E-state index contributed by atoms with van der Waals surface area (Å²) in [7, 11) is 0. The van der Waals surface area contributed by atoms with Gasteiger partial charge in [-0.15, -0.1) is 36.2 Å². The molecule has 5 nitrogen and oxygen atoms in total. The lowest BCUT2D eigenvalue weighted by Crippen LogP contribution is -2.57. The highest BCUT2D eigenvalue weighted by atomic mass is 35.5. The fourth-order valence-corrected chi connectivity index (χ4v) is 3.48. The molecule has 1 aromatic heterocycles. The van der Waals surface area contributed by atoms with Crippen LogP contribution in [-0.4, -0.2) is 41.0 Å². The molecule has 1 aliphatic heterocycles. The van der Waals surface area contributed by atoms with E-state index in [9.17, 15) is 4.79 Å². The average molecular weight is 411 g/mol. The Morgan fingerprint density at radius 1 is 1.44 bits per heavy atom. The van der Waals surface area contributed by atoms with Gasteiger partial charge in [-0.25, -0.2) is 4.98 Å². The van der Waals surface area contributed by atoms with Crippen LogP contribution in [-0.2, 0) is 11.3 Å². The molecule has 8 heteroatoms. The summed E-state index contributed by atoms with van der Waals surface area (Å²) in [5, 5.41) is 6.43. The summed E-state index contributed by atoms with van der Waals surface area (Å²) >= 11 is 1.70. The molecule has 2 heterocycles. The smallest absolute Gasteiger partial charge is 0.223 e. The van der Waals surface area contributed by atoms with Crippen LogP contribution in [0.5, 0.6) is 0 Å². The van der Waals surface area contributed by atoms with Crippen LogP contribution in [0, 0.1) is 18.8 Å². The molecule has 1 saturated heterocycles. The van der Waals surface area contributed by atoms with Gasteiger partial charge in [-0.2, -0.15) is 0 Å². The van der Waals surface area contributed by atoms with Crippen molar-refractivity contribution in [3.63, 3.8) is 0 Å². The van der Waals surface area contributed by atoms with Crippen LogP contribution >= 0.6 is 36.2 Å². The molecule has 0 aliphatic carbocycles. The number of aryl methyl sites for hydroxylation is 1. The van der Waals surface area contributed by atoms with Crippen molar-refractivity contribution in [3.8, 4) is 0 Å². The predicted octanol–water partition coefficient (Wildman–Crippen LogP) is 3.00. The van der Waals surface area contributed by atoms with Crippen LogP contribution < -0.4 is 11.1 Å². The molecular formula is C17H32Cl2N4OS. The molecule has 0 saturated carbocycles. The van der Waals surface area contributed by atoms with E-state index in [0.717, 1.165) is 43.2 Å². The van der Waals surface area contributed by atoms with Gasteiger partial charge < -0.3 is 11.1 Å². The molecule has 0 aromatic carbocycles. The molecule has 0 radical (unpaired) electrons. The third-order valence-electron chi connectivity index (χ3n) is 5.12. The maximum absolute atomic E-state index is 12.5. The van der Waals surface area contributed by atoms with E-state index in [-0.39, 0.29) is 42.2 Å². The number of hydrogen-bond donors (Lipinski definition) is 2. The first-order chi connectivity index (χ1) is 10.8. The summed E-state index contributed by atoms with van der Waals surface area (Å²) in [6, 6.07) is 0. The topological polar surface area (TPSA) is 71.2 Å². The first-order valence-corrected chi connectivity index (χ1v) is 9.37. The van der Waals surface area contributed by atoms with Gasteiger partial charge in [0, 0.05) is 24.4 Å². The van der Waals surface area contributed by atoms with Crippen molar-refractivity contribution in [2.45, 2.75) is 52.6 Å². The Morgan fingerprint density at radius 3 is 2.48 bits per heavy atom. The number of rotatable bonds is 6. The second-order valence-corrected chi connectivity index (χ2v) is 8.24. The zero-order chi connectivity index (χ0) is 17.0. The molecule has 146 valence electrons. The van der Waals surface area contributed by atoms with Crippen molar-refractivity contribution in [2.24, 2.45) is 17.6 Å². The van der Waals surface area contributed by atoms with Crippen molar-refractivity contribution in [1.82, 2.24) is 15.2 Å². The van der Waals surface area contributed by atoms with Gasteiger partial charge in [0.25, 0.3) is 0 Å². The van der Waals surface area contributed by atoms with Crippen LogP contribution in [0.25, 0.3) is 0 Å². The lowest BCUT2D eigenvalue weighted by Gasteiger charge is -2.37. The summed E-state index contributed by atoms with van der Waals surface area (Å²) in [6.07, 6.45) is 1.82. The Bertz CT molecular complexity index is 532. The standard InChI is InChI=1S/C17H30N4OS.2ClH/c1-12(2)17(4,11-18)20-16(22)14-5-7-21(8-6-14)9-15-10-23-13(3)19-15;;/h10,12,14H,5-9,11,18H2,1-4H3,(H,20,22);2*1H. The molecule has 1 atom stereocenters. The first kappa shape index (κ1) is 24.6. The molecule has 1 unspecified atom stereocenters. The Hall–Kier alpha value is -0.400. The minimum absolute atomic E-state index is 0. The van der Waals surface area contributed by atoms with Crippen molar-refractivity contribution in [2.75, 3.05) is 19.6 Å². The second-order valence-electron chi connectivity index (χ2n) is 7.17. The normalized spacial score (nSPS) is 18.2. The van der Waals surface area contributed by atoms with E-state index in [1.165, 1.54) is 0 Å². The minimum Gasteiger partial charge on any atom is -0.349 e. The number of thiazole rings is 1. The van der Waals surface area contributed by atoms with Gasteiger partial charge in [0.2, 0.25) is 5.91 Å². The number of hydrogen-bond acceptors (Lipinski definition) is 5. The molecule has 25 heavy (non-hydrogen) atoms. The number of nitrogens with one attached hydrogen (secondary N) is 1. The van der Waals surface area contributed by atoms with Crippen LogP contribution in [0.2, 0.25) is 0 Å². The average Bonchev–Trinajstić information content (AvgIpc) is 2.92. The van der Waals surface area contributed by atoms with Gasteiger partial charge in [-0.05, 0) is 45.7 Å². The molecule has 0 spiro atoms. The molecule has 3 N–H and O–H groups in total. The number of aromatic nitrogens is 1. The Balaban J connectivity index is 0.00000288. The molecule has 2 rings (SSSR count). The molecule has 0 bridgehead atoms. The van der Waals surface area contributed by atoms with Crippen molar-refractivity contribution < 1.29 is 4.79 Å². The van der Waals surface area contributed by atoms with E-state index in [1.807, 2.05) is 13.8 Å². The molecular weight excluding hydrogens is 379 g/mol. The van der Waals surface area contributed by atoms with Crippen LogP contribution in [0.1, 0.15) is 44.3 Å². The minimum atomic E-state index is -0.313. The summed E-state index contributed by atoms with van der Waals surface area (Å²) in [5.74, 6) is 0.591. The maximum atomic E-state index is 12.5. The fourth-order valence-electron chi connectivity index (χ4n) is 2.88. The SMILES string of the molecule is Cc1nc(CN2CCC(C(=O)NC(C)(CN)C(C)C)CC2)cs1.Cl.Cl. The second kappa shape index (κ2) is 10.7. The van der Waals surface area contributed by atoms with Gasteiger partial charge in [0.1, 0.15) is 0 Å². The highest BCUT2D eigenvalue weighted by Gasteiger charge is 2.32. The number of piperidine rings is 1. The number of nitrogens with zero attached hydrogens (tertiary/aromatic N) is 2. The van der Waals surface area contributed by atoms with Gasteiger partial charge in [-0.3, -0.25) is 9.69 Å². The molecule has 1 aliphatic rings. The van der Waals surface area contributed by atoms with Crippen LogP contribution in [0.4, 0.5) is 0 Å². The van der Waals surface area contributed by atoms with Crippen molar-refractivity contribution in [3.05, 3.63) is 16.1 Å². The van der Waals surface area contributed by atoms with Gasteiger partial charge in [-0.1, -0.05) is 13.8 Å². The van der Waals surface area contributed by atoms with Crippen molar-refractivity contribution in [1.29, 1.82) is 0 Å². The number of carbonyl (C=O) groups excluding carboxylic acids is 1. The van der Waals surface area contributed by atoms with E-state index >= 15 is 0 Å². The fraction of sp³-hybridized carbons (Fsp3) is 0.765. The summed E-state index contributed by atoms with van der Waals surface area (Å²) in [5.41, 5.74) is 6.70. The number of likely N-dealkylation sites (tertiary alicyclic amines) is 1. The zero-order valence-corrected chi connectivity index (χ0v) is 18.0. The summed E-state index contributed by atoms with van der Waals surface area (Å²) < 4.78 is 0. The Kier molecular flexibility index (Phi) is 10.5. The Labute approximate surface area is 168 Å². The third-order valence-corrected chi connectivity index (χ3v) is 5.94. The number of carbonyl (C=O) groups is 1. The predicted molar refractivity (Wildman–Crippen MR) is 110 cm³/mol. The summed E-state index contributed by atoms with van der Waals surface area (Å²) in [6.45, 7) is 11.6. The van der Waals surface area contributed by atoms with E-state index < -0.39 is 0 Å². The number of amides is 1. The lowest BCUT2D eigenvalue weighted by atomic mass is 9.86. The summed E-state index contributed by atoms with van der Waals surface area (Å²) in [4.78, 5) is 19.5. The van der Waals surface area contributed by atoms with E-state index in [4.69, 9.17) is 5.73 Å². The highest BCUT2D eigenvalue weighted by Crippen LogP contribution is 2.22. The van der Waals surface area contributed by atoms with Gasteiger partial charge >= 0.3 is 0 Å². The number of halogens is 2. The highest BCUT2D eigenvalue weighted by molar-refractivity contribution is 7.09. The zero-order valence-electron chi connectivity index (χ0n) is 15.6. The van der Waals surface area contributed by atoms with Gasteiger partial charge in [0.15, 0.2) is 0 Å². The van der Waals surface area contributed by atoms with Crippen molar-refractivity contribution >= 4 is 42.1 Å². The van der Waals surface area contributed by atoms with Gasteiger partial charge in [0.05, 0.1) is 16.2 Å². The monoisotopic (exact) mass is 410 g/mol. The molecule has 1 aromatic rings.